The summed E-state index contributed by atoms with van der Waals surface area (Å²) >= 11 is 0. The van der Waals surface area contributed by atoms with Gasteiger partial charge in [-0.25, -0.2) is 0 Å². The van der Waals surface area contributed by atoms with E-state index in [1.54, 1.807) is 25.9 Å². The molecule has 0 aliphatic heterocycles. The van der Waals surface area contributed by atoms with Crippen LogP contribution in [0.15, 0.2) is 11.9 Å². The van der Waals surface area contributed by atoms with Gasteiger partial charge in [-0.1, -0.05) is 6.92 Å². The van der Waals surface area contributed by atoms with Crippen LogP contribution in [0.25, 0.3) is 0 Å². The highest BCUT2D eigenvalue weighted by Gasteiger charge is 2.05. The summed E-state index contributed by atoms with van der Waals surface area (Å²) in [7, 11) is 3.53. The Hall–Kier alpha value is -1.06. The first-order valence-electron chi connectivity index (χ1n) is 3.09. The molecule has 0 aliphatic rings. The zero-order valence-corrected chi connectivity index (χ0v) is 6.50. The van der Waals surface area contributed by atoms with Crippen molar-refractivity contribution in [1.29, 1.82) is 0 Å². The third-order valence-corrected chi connectivity index (χ3v) is 1.00. The lowest BCUT2D eigenvalue weighted by Crippen LogP contribution is -2.07. The van der Waals surface area contributed by atoms with Crippen LogP contribution in [-0.2, 0) is 0 Å². The number of hydrogen-bond acceptors (Lipinski definition) is 3. The number of nitro groups is 1. The minimum atomic E-state index is -0.361. The van der Waals surface area contributed by atoms with Crippen molar-refractivity contribution in [1.82, 2.24) is 4.90 Å². The summed E-state index contributed by atoms with van der Waals surface area (Å²) in [5.74, 6) is 0. The van der Waals surface area contributed by atoms with E-state index in [4.69, 9.17) is 0 Å². The summed E-state index contributed by atoms with van der Waals surface area (Å²) in [6.45, 7) is 1.76. The molecule has 0 aromatic rings. The standard InChI is InChI=1S/C6H12N2O2/c1-4-6(8(9)10)5-7(2)3/h5H,4H2,1-3H3/b6-5-. The molecule has 0 radical (unpaired) electrons. The topological polar surface area (TPSA) is 46.4 Å². The van der Waals surface area contributed by atoms with Crippen LogP contribution >= 0.6 is 0 Å². The molecule has 0 fully saturated rings. The van der Waals surface area contributed by atoms with Crippen LogP contribution in [0.1, 0.15) is 13.3 Å². The predicted octanol–water partition coefficient (Wildman–Crippen LogP) is 1.08. The average molecular weight is 144 g/mol. The normalized spacial score (nSPS) is 11.3. The summed E-state index contributed by atoms with van der Waals surface area (Å²) in [5.41, 5.74) is 0.241. The lowest BCUT2D eigenvalue weighted by atomic mass is 10.4. The van der Waals surface area contributed by atoms with E-state index in [9.17, 15) is 10.1 Å². The van der Waals surface area contributed by atoms with E-state index < -0.39 is 0 Å². The molecule has 0 atom stereocenters. The van der Waals surface area contributed by atoms with E-state index in [2.05, 4.69) is 0 Å². The van der Waals surface area contributed by atoms with Crippen molar-refractivity contribution >= 4 is 0 Å². The van der Waals surface area contributed by atoms with Gasteiger partial charge in [0, 0.05) is 20.5 Å². The van der Waals surface area contributed by atoms with Crippen molar-refractivity contribution < 1.29 is 4.92 Å². The van der Waals surface area contributed by atoms with Crippen molar-refractivity contribution in [2.24, 2.45) is 0 Å². The Morgan fingerprint density at radius 3 is 2.30 bits per heavy atom. The molecule has 10 heavy (non-hydrogen) atoms. The number of nitrogens with zero attached hydrogens (tertiary/aromatic N) is 2. The summed E-state index contributed by atoms with van der Waals surface area (Å²) in [6.07, 6.45) is 1.98. The minimum absolute atomic E-state index is 0.241. The lowest BCUT2D eigenvalue weighted by Gasteiger charge is -2.03. The second-order valence-electron chi connectivity index (χ2n) is 2.19. The number of rotatable bonds is 3. The molecule has 0 saturated carbocycles. The van der Waals surface area contributed by atoms with Gasteiger partial charge < -0.3 is 4.90 Å². The van der Waals surface area contributed by atoms with Crippen molar-refractivity contribution in [3.05, 3.63) is 22.0 Å². The Kier molecular flexibility index (Phi) is 3.46. The van der Waals surface area contributed by atoms with Gasteiger partial charge in [0.15, 0.2) is 0 Å². The van der Waals surface area contributed by atoms with Crippen molar-refractivity contribution in [2.45, 2.75) is 13.3 Å². The lowest BCUT2D eigenvalue weighted by molar-refractivity contribution is -0.428. The van der Waals surface area contributed by atoms with Crippen molar-refractivity contribution in [3.63, 3.8) is 0 Å². The molecule has 0 aliphatic carbocycles. The van der Waals surface area contributed by atoms with Crippen LogP contribution in [0.2, 0.25) is 0 Å². The van der Waals surface area contributed by atoms with Gasteiger partial charge in [0.1, 0.15) is 0 Å². The van der Waals surface area contributed by atoms with Crippen molar-refractivity contribution in [3.8, 4) is 0 Å². The predicted molar refractivity (Wildman–Crippen MR) is 39.1 cm³/mol. The molecule has 4 nitrogen and oxygen atoms in total. The molecule has 0 amide bonds. The maximum Gasteiger partial charge on any atom is 0.261 e. The molecule has 58 valence electrons. The molecule has 4 heteroatoms. The maximum atomic E-state index is 10.2. The van der Waals surface area contributed by atoms with Crippen LogP contribution in [0.3, 0.4) is 0 Å². The van der Waals surface area contributed by atoms with Gasteiger partial charge in [-0.3, -0.25) is 10.1 Å². The Bertz CT molecular complexity index is 152. The summed E-state index contributed by atoms with van der Waals surface area (Å²) < 4.78 is 0. The van der Waals surface area contributed by atoms with E-state index >= 15 is 0 Å². The molecular formula is C6H12N2O2. The van der Waals surface area contributed by atoms with Gasteiger partial charge in [0.25, 0.3) is 5.70 Å². The molecule has 0 spiro atoms. The molecule has 0 unspecified atom stereocenters. The Labute approximate surface area is 60.3 Å². The molecule has 0 N–H and O–H groups in total. The SMILES string of the molecule is CC/C(=C/N(C)C)[N+](=O)[O-]. The second-order valence-corrected chi connectivity index (χ2v) is 2.19. The van der Waals surface area contributed by atoms with Crippen LogP contribution in [0.4, 0.5) is 0 Å². The number of allylic oxidation sites excluding steroid dienone is 1. The highest BCUT2D eigenvalue weighted by molar-refractivity contribution is 4.88. The van der Waals surface area contributed by atoms with E-state index in [1.807, 2.05) is 0 Å². The number of hydrogen-bond donors (Lipinski definition) is 0. The van der Waals surface area contributed by atoms with Gasteiger partial charge in [0.2, 0.25) is 0 Å². The molecule has 0 rings (SSSR count). The van der Waals surface area contributed by atoms with Crippen LogP contribution in [0, 0.1) is 10.1 Å². The van der Waals surface area contributed by atoms with E-state index in [1.165, 1.54) is 6.20 Å². The first-order valence-corrected chi connectivity index (χ1v) is 3.09. The van der Waals surface area contributed by atoms with Gasteiger partial charge >= 0.3 is 0 Å². The largest absolute Gasteiger partial charge is 0.378 e. The van der Waals surface area contributed by atoms with E-state index in [0.29, 0.717) is 6.42 Å². The van der Waals surface area contributed by atoms with E-state index in [-0.39, 0.29) is 10.6 Å². The third-order valence-electron chi connectivity index (χ3n) is 1.00. The van der Waals surface area contributed by atoms with Gasteiger partial charge in [-0.2, -0.15) is 0 Å². The smallest absolute Gasteiger partial charge is 0.261 e. The summed E-state index contributed by atoms with van der Waals surface area (Å²) in [4.78, 5) is 11.5. The van der Waals surface area contributed by atoms with Crippen LogP contribution in [0.5, 0.6) is 0 Å². The molecule has 0 saturated heterocycles. The minimum Gasteiger partial charge on any atom is -0.378 e. The highest BCUT2D eigenvalue weighted by atomic mass is 16.6. The summed E-state index contributed by atoms with van der Waals surface area (Å²) in [5, 5.41) is 10.2. The third kappa shape index (κ3) is 3.06. The fraction of sp³-hybridized carbons (Fsp3) is 0.667. The zero-order valence-electron chi connectivity index (χ0n) is 6.50. The molecule has 0 aromatic heterocycles. The molecule has 0 bridgehead atoms. The van der Waals surface area contributed by atoms with E-state index in [0.717, 1.165) is 0 Å². The van der Waals surface area contributed by atoms with Gasteiger partial charge in [0.05, 0.1) is 11.1 Å². The molecule has 0 heterocycles. The quantitative estimate of drug-likeness (QED) is 0.439. The van der Waals surface area contributed by atoms with Crippen molar-refractivity contribution in [2.75, 3.05) is 14.1 Å². The van der Waals surface area contributed by atoms with Crippen LogP contribution < -0.4 is 0 Å². The maximum absolute atomic E-state index is 10.2. The van der Waals surface area contributed by atoms with Gasteiger partial charge in [-0.15, -0.1) is 0 Å². The molecule has 0 aromatic carbocycles. The Balaban J connectivity index is 4.19. The first kappa shape index (κ1) is 8.94. The first-order chi connectivity index (χ1) is 4.57. The van der Waals surface area contributed by atoms with Crippen LogP contribution in [-0.4, -0.2) is 23.9 Å². The molecular weight excluding hydrogens is 132 g/mol. The summed E-state index contributed by atoms with van der Waals surface area (Å²) in [6, 6.07) is 0. The zero-order chi connectivity index (χ0) is 8.15. The highest BCUT2D eigenvalue weighted by Crippen LogP contribution is 2.00. The fourth-order valence-electron chi connectivity index (χ4n) is 0.566. The second kappa shape index (κ2) is 3.87. The fourth-order valence-corrected chi connectivity index (χ4v) is 0.566. The monoisotopic (exact) mass is 144 g/mol. The Morgan fingerprint density at radius 1 is 1.70 bits per heavy atom. The van der Waals surface area contributed by atoms with Gasteiger partial charge in [-0.05, 0) is 0 Å². The Morgan fingerprint density at radius 2 is 2.20 bits per heavy atom. The average Bonchev–Trinajstić information content (AvgIpc) is 1.81.